The van der Waals surface area contributed by atoms with Gasteiger partial charge in [-0.25, -0.2) is 13.4 Å². The predicted molar refractivity (Wildman–Crippen MR) is 86.9 cm³/mol. The van der Waals surface area contributed by atoms with E-state index in [-0.39, 0.29) is 4.90 Å². The molecule has 0 atom stereocenters. The monoisotopic (exact) mass is 313 g/mol. The fraction of sp³-hybridized carbons (Fsp3) is 0.667. The standard InChI is InChI=1S/C15H27N3O2S/c1-5-13(6-2)12-18(8-4)21(19,20)14-9-10-15(16-7-3)17-11-14/h9-11,13H,5-8,12H2,1-4H3,(H,16,17). The zero-order valence-corrected chi connectivity index (χ0v) is 14.3. The van der Waals surface area contributed by atoms with E-state index in [1.807, 2.05) is 13.8 Å². The van der Waals surface area contributed by atoms with Gasteiger partial charge in [0.25, 0.3) is 0 Å². The highest BCUT2D eigenvalue weighted by molar-refractivity contribution is 7.89. The zero-order valence-electron chi connectivity index (χ0n) is 13.5. The van der Waals surface area contributed by atoms with Crippen LogP contribution in [0.4, 0.5) is 5.82 Å². The minimum Gasteiger partial charge on any atom is -0.370 e. The van der Waals surface area contributed by atoms with Gasteiger partial charge in [-0.3, -0.25) is 0 Å². The van der Waals surface area contributed by atoms with Crippen molar-refractivity contribution in [3.63, 3.8) is 0 Å². The van der Waals surface area contributed by atoms with Gasteiger partial charge in [0, 0.05) is 25.8 Å². The highest BCUT2D eigenvalue weighted by Crippen LogP contribution is 2.19. The lowest BCUT2D eigenvalue weighted by atomic mass is 10.0. The molecular weight excluding hydrogens is 286 g/mol. The Morgan fingerprint density at radius 2 is 1.86 bits per heavy atom. The molecule has 1 aromatic rings. The molecule has 0 saturated carbocycles. The van der Waals surface area contributed by atoms with Gasteiger partial charge < -0.3 is 5.32 Å². The molecule has 1 heterocycles. The van der Waals surface area contributed by atoms with Gasteiger partial charge in [0.2, 0.25) is 10.0 Å². The lowest BCUT2D eigenvalue weighted by Gasteiger charge is -2.24. The summed E-state index contributed by atoms with van der Waals surface area (Å²) in [5.74, 6) is 1.09. The van der Waals surface area contributed by atoms with Crippen LogP contribution in [0.3, 0.4) is 0 Å². The molecule has 0 bridgehead atoms. The molecule has 0 unspecified atom stereocenters. The summed E-state index contributed by atoms with van der Waals surface area (Å²) in [6, 6.07) is 3.33. The first kappa shape index (κ1) is 17.9. The van der Waals surface area contributed by atoms with Gasteiger partial charge in [0.1, 0.15) is 10.7 Å². The molecule has 0 spiro atoms. The molecule has 0 aliphatic carbocycles. The maximum atomic E-state index is 12.7. The molecule has 1 N–H and O–H groups in total. The maximum absolute atomic E-state index is 12.7. The summed E-state index contributed by atoms with van der Waals surface area (Å²) >= 11 is 0. The van der Waals surface area contributed by atoms with Crippen molar-refractivity contribution in [1.29, 1.82) is 0 Å². The van der Waals surface area contributed by atoms with Gasteiger partial charge in [0.05, 0.1) is 0 Å². The van der Waals surface area contributed by atoms with Crippen LogP contribution in [-0.2, 0) is 10.0 Å². The molecule has 21 heavy (non-hydrogen) atoms. The highest BCUT2D eigenvalue weighted by Gasteiger charge is 2.25. The quantitative estimate of drug-likeness (QED) is 0.761. The Morgan fingerprint density at radius 1 is 1.19 bits per heavy atom. The van der Waals surface area contributed by atoms with E-state index in [2.05, 4.69) is 24.1 Å². The molecular formula is C15H27N3O2S. The number of nitrogens with zero attached hydrogens (tertiary/aromatic N) is 2. The van der Waals surface area contributed by atoms with Crippen molar-refractivity contribution in [1.82, 2.24) is 9.29 Å². The Morgan fingerprint density at radius 3 is 2.29 bits per heavy atom. The fourth-order valence-corrected chi connectivity index (χ4v) is 3.67. The number of hydrogen-bond acceptors (Lipinski definition) is 4. The Labute approximate surface area is 128 Å². The summed E-state index contributed by atoms with van der Waals surface area (Å²) in [7, 11) is -3.46. The number of anilines is 1. The molecule has 0 aromatic carbocycles. The van der Waals surface area contributed by atoms with E-state index in [1.54, 1.807) is 16.4 Å². The lowest BCUT2D eigenvalue weighted by molar-refractivity contribution is 0.339. The van der Waals surface area contributed by atoms with Crippen LogP contribution in [0.15, 0.2) is 23.2 Å². The number of rotatable bonds is 9. The second kappa shape index (κ2) is 8.34. The molecule has 0 fully saturated rings. The number of sulfonamides is 1. The second-order valence-corrected chi connectivity index (χ2v) is 6.99. The summed E-state index contributed by atoms with van der Waals surface area (Å²) in [5.41, 5.74) is 0. The average molecular weight is 313 g/mol. The van der Waals surface area contributed by atoms with Crippen LogP contribution in [0.5, 0.6) is 0 Å². The van der Waals surface area contributed by atoms with Gasteiger partial charge in [-0.2, -0.15) is 4.31 Å². The average Bonchev–Trinajstić information content (AvgIpc) is 2.49. The van der Waals surface area contributed by atoms with Crippen LogP contribution in [0.1, 0.15) is 40.5 Å². The first-order valence-corrected chi connectivity index (χ1v) is 9.13. The molecule has 0 saturated heterocycles. The van der Waals surface area contributed by atoms with Gasteiger partial charge in [-0.05, 0) is 25.0 Å². The van der Waals surface area contributed by atoms with Gasteiger partial charge in [-0.15, -0.1) is 0 Å². The van der Waals surface area contributed by atoms with Crippen molar-refractivity contribution in [3.05, 3.63) is 18.3 Å². The van der Waals surface area contributed by atoms with Crippen molar-refractivity contribution >= 4 is 15.8 Å². The van der Waals surface area contributed by atoms with E-state index in [0.717, 1.165) is 19.4 Å². The summed E-state index contributed by atoms with van der Waals surface area (Å²) in [5, 5.41) is 3.06. The SMILES string of the molecule is CCNc1ccc(S(=O)(=O)N(CC)CC(CC)CC)cn1. The van der Waals surface area contributed by atoms with Crippen LogP contribution in [-0.4, -0.2) is 37.3 Å². The molecule has 120 valence electrons. The predicted octanol–water partition coefficient (Wildman–Crippen LogP) is 2.96. The van der Waals surface area contributed by atoms with Gasteiger partial charge in [0.15, 0.2) is 0 Å². The summed E-state index contributed by atoms with van der Waals surface area (Å²) in [6.07, 6.45) is 3.41. The normalized spacial score (nSPS) is 12.1. The van der Waals surface area contributed by atoms with Crippen LogP contribution >= 0.6 is 0 Å². The third-order valence-electron chi connectivity index (χ3n) is 3.70. The van der Waals surface area contributed by atoms with Crippen molar-refractivity contribution < 1.29 is 8.42 Å². The number of hydrogen-bond donors (Lipinski definition) is 1. The molecule has 0 aliphatic rings. The minimum absolute atomic E-state index is 0.261. The first-order chi connectivity index (χ1) is 9.99. The molecule has 5 nitrogen and oxygen atoms in total. The van der Waals surface area contributed by atoms with Crippen LogP contribution in [0, 0.1) is 5.92 Å². The highest BCUT2D eigenvalue weighted by atomic mass is 32.2. The van der Waals surface area contributed by atoms with Crippen molar-refractivity contribution in [2.24, 2.45) is 5.92 Å². The van der Waals surface area contributed by atoms with Crippen LogP contribution < -0.4 is 5.32 Å². The van der Waals surface area contributed by atoms with E-state index >= 15 is 0 Å². The molecule has 1 aromatic heterocycles. The largest absolute Gasteiger partial charge is 0.370 e. The topological polar surface area (TPSA) is 62.3 Å². The van der Waals surface area contributed by atoms with E-state index in [9.17, 15) is 8.42 Å². The van der Waals surface area contributed by atoms with Crippen molar-refractivity contribution in [3.8, 4) is 0 Å². The lowest BCUT2D eigenvalue weighted by Crippen LogP contribution is -2.35. The summed E-state index contributed by atoms with van der Waals surface area (Å²) in [4.78, 5) is 4.42. The Bertz CT molecular complexity index is 510. The Kier molecular flexibility index (Phi) is 7.11. The number of aromatic nitrogens is 1. The number of nitrogens with one attached hydrogen (secondary N) is 1. The Hall–Kier alpha value is -1.14. The van der Waals surface area contributed by atoms with E-state index in [1.165, 1.54) is 6.20 Å². The molecule has 0 radical (unpaired) electrons. The third kappa shape index (κ3) is 4.68. The van der Waals surface area contributed by atoms with E-state index in [0.29, 0.717) is 24.8 Å². The Balaban J connectivity index is 2.95. The van der Waals surface area contributed by atoms with E-state index < -0.39 is 10.0 Å². The summed E-state index contributed by atoms with van der Waals surface area (Å²) in [6.45, 7) is 9.85. The van der Waals surface area contributed by atoms with Gasteiger partial charge >= 0.3 is 0 Å². The van der Waals surface area contributed by atoms with Crippen molar-refractivity contribution in [2.45, 2.75) is 45.4 Å². The zero-order chi connectivity index (χ0) is 15.9. The third-order valence-corrected chi connectivity index (χ3v) is 5.63. The molecule has 1 rings (SSSR count). The van der Waals surface area contributed by atoms with Crippen LogP contribution in [0.25, 0.3) is 0 Å². The van der Waals surface area contributed by atoms with Gasteiger partial charge in [-0.1, -0.05) is 33.6 Å². The molecule has 6 heteroatoms. The second-order valence-electron chi connectivity index (χ2n) is 5.05. The van der Waals surface area contributed by atoms with Crippen LogP contribution in [0.2, 0.25) is 0 Å². The fourth-order valence-electron chi connectivity index (χ4n) is 2.20. The minimum atomic E-state index is -3.46. The number of pyridine rings is 1. The maximum Gasteiger partial charge on any atom is 0.244 e. The van der Waals surface area contributed by atoms with Crippen molar-refractivity contribution in [2.75, 3.05) is 25.0 Å². The molecule has 0 aliphatic heterocycles. The first-order valence-electron chi connectivity index (χ1n) is 7.69. The molecule has 0 amide bonds. The van der Waals surface area contributed by atoms with E-state index in [4.69, 9.17) is 0 Å². The smallest absolute Gasteiger partial charge is 0.244 e. The summed E-state index contributed by atoms with van der Waals surface area (Å²) < 4.78 is 26.9.